The summed E-state index contributed by atoms with van der Waals surface area (Å²) in [7, 11) is 0. The van der Waals surface area contributed by atoms with Gasteiger partial charge in [0.15, 0.2) is 10.1 Å². The largest absolute Gasteiger partial charge is 0.293 e. The second-order valence-electron chi connectivity index (χ2n) is 3.04. The van der Waals surface area contributed by atoms with Crippen LogP contribution >= 0.6 is 46.5 Å². The number of hydrogen-bond acceptors (Lipinski definition) is 5. The van der Waals surface area contributed by atoms with Gasteiger partial charge in [0.25, 0.3) is 0 Å². The van der Waals surface area contributed by atoms with Crippen LogP contribution in [0, 0.1) is 0 Å². The van der Waals surface area contributed by atoms with E-state index in [1.165, 1.54) is 29.6 Å². The lowest BCUT2D eigenvalue weighted by Gasteiger charge is -2.02. The highest BCUT2D eigenvalue weighted by atomic mass is 35.5. The summed E-state index contributed by atoms with van der Waals surface area (Å²) >= 11 is 14.3. The first-order valence-corrected chi connectivity index (χ1v) is 7.06. The minimum Gasteiger partial charge on any atom is -0.293 e. The van der Waals surface area contributed by atoms with Crippen molar-refractivity contribution < 1.29 is 4.79 Å². The monoisotopic (exact) mass is 304 g/mol. The Hall–Kier alpha value is -0.620. The standard InChI is InChI=1S/C10H6Cl2N2OS2/c11-6-1-2-7(8(12)3-6)9(15)4-16-10-13-5-14-17-10/h1-3,5H,4H2. The van der Waals surface area contributed by atoms with Crippen LogP contribution in [0.3, 0.4) is 0 Å². The second-order valence-corrected chi connectivity index (χ2v) is 5.89. The van der Waals surface area contributed by atoms with E-state index in [4.69, 9.17) is 23.2 Å². The Morgan fingerprint density at radius 3 is 2.88 bits per heavy atom. The molecule has 0 unspecified atom stereocenters. The minimum atomic E-state index is -0.0492. The van der Waals surface area contributed by atoms with Gasteiger partial charge in [-0.3, -0.25) is 4.79 Å². The van der Waals surface area contributed by atoms with Crippen molar-refractivity contribution in [3.63, 3.8) is 0 Å². The van der Waals surface area contributed by atoms with Crippen molar-refractivity contribution in [3.05, 3.63) is 40.1 Å². The third-order valence-electron chi connectivity index (χ3n) is 1.90. The molecule has 0 aliphatic heterocycles. The highest BCUT2D eigenvalue weighted by molar-refractivity contribution is 8.01. The molecular formula is C10H6Cl2N2OS2. The topological polar surface area (TPSA) is 42.9 Å². The maximum atomic E-state index is 11.9. The molecule has 17 heavy (non-hydrogen) atoms. The number of halogens is 2. The lowest BCUT2D eigenvalue weighted by Crippen LogP contribution is -2.02. The molecule has 3 nitrogen and oxygen atoms in total. The van der Waals surface area contributed by atoms with Gasteiger partial charge in [0.2, 0.25) is 0 Å². The van der Waals surface area contributed by atoms with Crippen molar-refractivity contribution >= 4 is 52.3 Å². The Morgan fingerprint density at radius 1 is 1.41 bits per heavy atom. The zero-order chi connectivity index (χ0) is 12.3. The molecule has 0 saturated carbocycles. The van der Waals surface area contributed by atoms with Gasteiger partial charge in [-0.2, -0.15) is 4.37 Å². The number of ketones is 1. The Kier molecular flexibility index (Phi) is 4.39. The molecule has 0 radical (unpaired) electrons. The zero-order valence-electron chi connectivity index (χ0n) is 8.39. The minimum absolute atomic E-state index is 0.0492. The predicted octanol–water partition coefficient (Wildman–Crippen LogP) is 3.82. The average molecular weight is 305 g/mol. The smallest absolute Gasteiger partial charge is 0.174 e. The van der Waals surface area contributed by atoms with Crippen LogP contribution < -0.4 is 0 Å². The fourth-order valence-corrected chi connectivity index (χ4v) is 2.99. The molecule has 2 rings (SSSR count). The first-order valence-electron chi connectivity index (χ1n) is 4.54. The molecule has 0 aliphatic rings. The van der Waals surface area contributed by atoms with E-state index in [1.54, 1.807) is 18.2 Å². The van der Waals surface area contributed by atoms with Gasteiger partial charge in [0.05, 0.1) is 10.8 Å². The number of hydrogen-bond donors (Lipinski definition) is 0. The number of aromatic nitrogens is 2. The third kappa shape index (κ3) is 3.42. The summed E-state index contributed by atoms with van der Waals surface area (Å²) in [6.45, 7) is 0. The first kappa shape index (κ1) is 12.8. The number of benzene rings is 1. The van der Waals surface area contributed by atoms with Crippen molar-refractivity contribution in [2.24, 2.45) is 0 Å². The summed E-state index contributed by atoms with van der Waals surface area (Å²) in [5, 5.41) is 0.892. The molecular weight excluding hydrogens is 299 g/mol. The molecule has 2 aromatic rings. The number of carbonyl (C=O) groups excluding carboxylic acids is 1. The highest BCUT2D eigenvalue weighted by Crippen LogP contribution is 2.24. The van der Waals surface area contributed by atoms with Crippen LogP contribution in [0.25, 0.3) is 0 Å². The van der Waals surface area contributed by atoms with E-state index >= 15 is 0 Å². The molecule has 88 valence electrons. The van der Waals surface area contributed by atoms with E-state index in [0.29, 0.717) is 15.6 Å². The summed E-state index contributed by atoms with van der Waals surface area (Å²) < 4.78 is 4.62. The van der Waals surface area contributed by atoms with Gasteiger partial charge in [-0.15, -0.1) is 0 Å². The van der Waals surface area contributed by atoms with Crippen LogP contribution in [0.15, 0.2) is 28.9 Å². The molecule has 0 atom stereocenters. The number of nitrogens with zero attached hydrogens (tertiary/aromatic N) is 2. The van der Waals surface area contributed by atoms with Crippen LogP contribution in [0.1, 0.15) is 10.4 Å². The maximum Gasteiger partial charge on any atom is 0.174 e. The van der Waals surface area contributed by atoms with E-state index in [1.807, 2.05) is 0 Å². The Morgan fingerprint density at radius 2 is 2.24 bits per heavy atom. The fourth-order valence-electron chi connectivity index (χ4n) is 1.15. The van der Waals surface area contributed by atoms with Crippen LogP contribution in [0.2, 0.25) is 10.0 Å². The molecule has 0 bridgehead atoms. The van der Waals surface area contributed by atoms with Crippen molar-refractivity contribution in [1.29, 1.82) is 0 Å². The van der Waals surface area contributed by atoms with Crippen LogP contribution in [-0.4, -0.2) is 20.9 Å². The molecule has 1 aromatic heterocycles. The van der Waals surface area contributed by atoms with E-state index in [-0.39, 0.29) is 11.5 Å². The Bertz CT molecular complexity index is 531. The number of rotatable bonds is 4. The zero-order valence-corrected chi connectivity index (χ0v) is 11.5. The van der Waals surface area contributed by atoms with Gasteiger partial charge in [0, 0.05) is 10.6 Å². The summed E-state index contributed by atoms with van der Waals surface area (Å²) in [5.74, 6) is 0.239. The average Bonchev–Trinajstić information content (AvgIpc) is 2.78. The molecule has 1 aromatic carbocycles. The van der Waals surface area contributed by atoms with Crippen LogP contribution in [-0.2, 0) is 0 Å². The molecule has 0 aliphatic carbocycles. The maximum absolute atomic E-state index is 11.9. The molecule has 0 amide bonds. The normalized spacial score (nSPS) is 10.5. The summed E-state index contributed by atoms with van der Waals surface area (Å²) in [4.78, 5) is 15.9. The van der Waals surface area contributed by atoms with E-state index < -0.39 is 0 Å². The molecule has 0 fully saturated rings. The highest BCUT2D eigenvalue weighted by Gasteiger charge is 2.12. The van der Waals surface area contributed by atoms with Gasteiger partial charge < -0.3 is 0 Å². The Balaban J connectivity index is 2.04. The van der Waals surface area contributed by atoms with Crippen LogP contribution in [0.4, 0.5) is 0 Å². The van der Waals surface area contributed by atoms with Gasteiger partial charge >= 0.3 is 0 Å². The quantitative estimate of drug-likeness (QED) is 0.636. The van der Waals surface area contributed by atoms with Crippen molar-refractivity contribution in [2.75, 3.05) is 5.75 Å². The SMILES string of the molecule is O=C(CSc1ncns1)c1ccc(Cl)cc1Cl. The second kappa shape index (κ2) is 5.82. The number of thioether (sulfide) groups is 1. The van der Waals surface area contributed by atoms with E-state index in [2.05, 4.69) is 9.36 Å². The van der Waals surface area contributed by atoms with Crippen LogP contribution in [0.5, 0.6) is 0 Å². The first-order chi connectivity index (χ1) is 8.16. The van der Waals surface area contributed by atoms with Crippen molar-refractivity contribution in [3.8, 4) is 0 Å². The summed E-state index contributed by atoms with van der Waals surface area (Å²) in [6.07, 6.45) is 1.47. The molecule has 0 N–H and O–H groups in total. The van der Waals surface area contributed by atoms with E-state index in [9.17, 15) is 4.79 Å². The number of carbonyl (C=O) groups is 1. The summed E-state index contributed by atoms with van der Waals surface area (Å²) in [6, 6.07) is 4.84. The molecule has 7 heteroatoms. The third-order valence-corrected chi connectivity index (χ3v) is 4.24. The van der Waals surface area contributed by atoms with Gasteiger partial charge in [-0.05, 0) is 29.7 Å². The lowest BCUT2D eigenvalue weighted by atomic mass is 10.1. The van der Waals surface area contributed by atoms with Gasteiger partial charge in [-0.1, -0.05) is 35.0 Å². The lowest BCUT2D eigenvalue weighted by molar-refractivity contribution is 0.102. The van der Waals surface area contributed by atoms with Gasteiger partial charge in [-0.25, -0.2) is 4.98 Å². The molecule has 0 spiro atoms. The Labute approximate surface area is 116 Å². The van der Waals surface area contributed by atoms with Gasteiger partial charge in [0.1, 0.15) is 6.33 Å². The molecule has 0 saturated heterocycles. The van der Waals surface area contributed by atoms with Crippen molar-refractivity contribution in [1.82, 2.24) is 9.36 Å². The fraction of sp³-hybridized carbons (Fsp3) is 0.100. The number of Topliss-reactive ketones (excluding diaryl/α,β-unsaturated/α-hetero) is 1. The van der Waals surface area contributed by atoms with E-state index in [0.717, 1.165) is 4.34 Å². The summed E-state index contributed by atoms with van der Waals surface area (Å²) in [5.41, 5.74) is 0.480. The molecule has 1 heterocycles. The predicted molar refractivity (Wildman–Crippen MR) is 71.4 cm³/mol. The van der Waals surface area contributed by atoms with Crippen molar-refractivity contribution in [2.45, 2.75) is 4.34 Å².